The Morgan fingerprint density at radius 3 is 2.20 bits per heavy atom. The molecule has 0 radical (unpaired) electrons. The molecule has 1 amide bonds. The first kappa shape index (κ1) is 44.0. The van der Waals surface area contributed by atoms with Crippen LogP contribution in [0.3, 0.4) is 0 Å². The van der Waals surface area contributed by atoms with Crippen molar-refractivity contribution in [2.24, 2.45) is 5.92 Å². The number of halogens is 4. The van der Waals surface area contributed by atoms with E-state index in [2.05, 4.69) is 46.4 Å². The standard InChI is InChI=1S/C45H49ClF3N5O3S2/c1-32(2)29-50-23-22-37(31-58-39-9-4-3-5-10-39)51-43-21-20-40(28-42(43)45(47,48)49)59(56,57)52-44(55)34-14-18-38(19-15-34)54-26-24-53(25-27-54)30-35-8-6-7-11-41(35)33-12-16-36(46)17-13-33/h3-21,28,32,37,50-51H,22-27,29-31H2,1-2H3,(H,52,55)/t37-/m1/s1. The summed E-state index contributed by atoms with van der Waals surface area (Å²) in [6.45, 7) is 9.42. The van der Waals surface area contributed by atoms with Crippen LogP contribution in [0.1, 0.15) is 41.8 Å². The van der Waals surface area contributed by atoms with Crippen molar-refractivity contribution in [3.63, 3.8) is 0 Å². The van der Waals surface area contributed by atoms with Gasteiger partial charge in [-0.25, -0.2) is 13.1 Å². The number of hydrogen-bond acceptors (Lipinski definition) is 8. The Morgan fingerprint density at radius 2 is 1.53 bits per heavy atom. The number of benzene rings is 5. The molecule has 5 aromatic carbocycles. The van der Waals surface area contributed by atoms with E-state index in [1.165, 1.54) is 29.5 Å². The minimum absolute atomic E-state index is 0.0638. The minimum atomic E-state index is -4.87. The molecule has 1 saturated heterocycles. The zero-order valence-electron chi connectivity index (χ0n) is 33.0. The van der Waals surface area contributed by atoms with Crippen LogP contribution in [0.4, 0.5) is 24.5 Å². The Hall–Kier alpha value is -4.53. The predicted octanol–water partition coefficient (Wildman–Crippen LogP) is 9.68. The van der Waals surface area contributed by atoms with Gasteiger partial charge in [-0.2, -0.15) is 13.2 Å². The number of nitrogens with one attached hydrogen (secondary N) is 3. The number of piperazine rings is 1. The van der Waals surface area contributed by atoms with E-state index < -0.39 is 32.6 Å². The van der Waals surface area contributed by atoms with Gasteiger partial charge in [0, 0.05) is 71.4 Å². The zero-order chi connectivity index (χ0) is 42.0. The van der Waals surface area contributed by atoms with Crippen LogP contribution in [0.25, 0.3) is 11.1 Å². The molecule has 1 heterocycles. The van der Waals surface area contributed by atoms with Gasteiger partial charge in [-0.05, 0) is 109 Å². The van der Waals surface area contributed by atoms with Crippen LogP contribution in [0.15, 0.2) is 131 Å². The smallest absolute Gasteiger partial charge is 0.381 e. The lowest BCUT2D eigenvalue weighted by Gasteiger charge is -2.36. The van der Waals surface area contributed by atoms with Crippen molar-refractivity contribution in [1.29, 1.82) is 0 Å². The molecule has 0 bridgehead atoms. The number of thioether (sulfide) groups is 1. The third-order valence-corrected chi connectivity index (χ3v) is 12.8. The van der Waals surface area contributed by atoms with Crippen LogP contribution in [0.5, 0.6) is 0 Å². The second kappa shape index (κ2) is 20.2. The van der Waals surface area contributed by atoms with Crippen LogP contribution in [-0.4, -0.2) is 70.3 Å². The van der Waals surface area contributed by atoms with Crippen molar-refractivity contribution in [1.82, 2.24) is 14.9 Å². The van der Waals surface area contributed by atoms with Gasteiger partial charge >= 0.3 is 6.18 Å². The minimum Gasteiger partial charge on any atom is -0.381 e. The lowest BCUT2D eigenvalue weighted by Crippen LogP contribution is -2.46. The summed E-state index contributed by atoms with van der Waals surface area (Å²) < 4.78 is 72.2. The van der Waals surface area contributed by atoms with Gasteiger partial charge in [0.25, 0.3) is 15.9 Å². The van der Waals surface area contributed by atoms with E-state index in [1.807, 2.05) is 71.5 Å². The molecule has 8 nitrogen and oxygen atoms in total. The molecule has 5 aromatic rings. The van der Waals surface area contributed by atoms with E-state index in [0.29, 0.717) is 35.7 Å². The summed E-state index contributed by atoms with van der Waals surface area (Å²) in [4.78, 5) is 18.1. The fourth-order valence-electron chi connectivity index (χ4n) is 6.89. The molecule has 0 aliphatic carbocycles. The topological polar surface area (TPSA) is 93.8 Å². The average molecular weight is 864 g/mol. The molecule has 1 aliphatic rings. The molecule has 0 aromatic heterocycles. The van der Waals surface area contributed by atoms with Gasteiger partial charge in [0.15, 0.2) is 0 Å². The van der Waals surface area contributed by atoms with E-state index in [9.17, 15) is 26.4 Å². The summed E-state index contributed by atoms with van der Waals surface area (Å²) in [7, 11) is -4.66. The molecule has 1 aliphatic heterocycles. The van der Waals surface area contributed by atoms with Crippen molar-refractivity contribution in [3.8, 4) is 11.1 Å². The van der Waals surface area contributed by atoms with Crippen molar-refractivity contribution in [2.45, 2.75) is 48.8 Å². The summed E-state index contributed by atoms with van der Waals surface area (Å²) in [6.07, 6.45) is -4.33. The lowest BCUT2D eigenvalue weighted by molar-refractivity contribution is -0.137. The van der Waals surface area contributed by atoms with Crippen LogP contribution in [0, 0.1) is 5.92 Å². The Balaban J connectivity index is 1.07. The van der Waals surface area contributed by atoms with Gasteiger partial charge in [-0.3, -0.25) is 9.69 Å². The highest BCUT2D eigenvalue weighted by Crippen LogP contribution is 2.37. The molecular formula is C45H49ClF3N5O3S2. The molecule has 0 spiro atoms. The van der Waals surface area contributed by atoms with Crippen molar-refractivity contribution in [3.05, 3.63) is 143 Å². The number of alkyl halides is 3. The molecule has 1 fully saturated rings. The first-order chi connectivity index (χ1) is 28.2. The SMILES string of the molecule is CC(C)CNCC[C@H](CSc1ccccc1)Nc1ccc(S(=O)(=O)NC(=O)c2ccc(N3CCN(Cc4ccccc4-c4ccc(Cl)cc4)CC3)cc2)cc1C(F)(F)F. The molecular weight excluding hydrogens is 815 g/mol. The van der Waals surface area contributed by atoms with Gasteiger partial charge in [0.05, 0.1) is 10.5 Å². The Bertz CT molecular complexity index is 2250. The molecule has 3 N–H and O–H groups in total. The normalized spacial score (nSPS) is 14.3. The van der Waals surface area contributed by atoms with E-state index in [4.69, 9.17) is 11.6 Å². The third kappa shape index (κ3) is 12.5. The fourth-order valence-corrected chi connectivity index (χ4v) is 9.01. The Labute approximate surface area is 354 Å². The summed E-state index contributed by atoms with van der Waals surface area (Å²) in [5, 5.41) is 7.07. The van der Waals surface area contributed by atoms with E-state index in [0.717, 1.165) is 73.1 Å². The number of carbonyl (C=O) groups is 1. The van der Waals surface area contributed by atoms with Gasteiger partial charge in [0.2, 0.25) is 0 Å². The van der Waals surface area contributed by atoms with Gasteiger partial charge in [-0.1, -0.05) is 80.0 Å². The number of nitrogens with zero attached hydrogens (tertiary/aromatic N) is 2. The third-order valence-electron chi connectivity index (χ3n) is 10.0. The number of amides is 1. The number of anilines is 2. The molecule has 312 valence electrons. The molecule has 59 heavy (non-hydrogen) atoms. The number of hydrogen-bond donors (Lipinski definition) is 3. The monoisotopic (exact) mass is 863 g/mol. The summed E-state index contributed by atoms with van der Waals surface area (Å²) in [5.41, 5.74) is 3.07. The Morgan fingerprint density at radius 1 is 0.847 bits per heavy atom. The predicted molar refractivity (Wildman–Crippen MR) is 234 cm³/mol. The largest absolute Gasteiger partial charge is 0.418 e. The lowest BCUT2D eigenvalue weighted by atomic mass is 9.99. The molecule has 1 atom stereocenters. The Kier molecular flexibility index (Phi) is 15.0. The molecule has 6 rings (SSSR count). The second-order valence-electron chi connectivity index (χ2n) is 15.0. The highest BCUT2D eigenvalue weighted by atomic mass is 35.5. The van der Waals surface area contributed by atoms with Crippen molar-refractivity contribution < 1.29 is 26.4 Å². The van der Waals surface area contributed by atoms with E-state index in [1.54, 1.807) is 12.1 Å². The van der Waals surface area contributed by atoms with Gasteiger partial charge in [0.1, 0.15) is 0 Å². The second-order valence-corrected chi connectivity index (χ2v) is 18.2. The van der Waals surface area contributed by atoms with Crippen LogP contribution < -0.4 is 20.3 Å². The fraction of sp³-hybridized carbons (Fsp3) is 0.311. The maximum absolute atomic E-state index is 14.5. The molecule has 0 unspecified atom stereocenters. The maximum Gasteiger partial charge on any atom is 0.418 e. The first-order valence-corrected chi connectivity index (χ1v) is 22.4. The number of sulfonamides is 1. The van der Waals surface area contributed by atoms with E-state index in [-0.39, 0.29) is 17.3 Å². The average Bonchev–Trinajstić information content (AvgIpc) is 3.22. The van der Waals surface area contributed by atoms with Crippen molar-refractivity contribution in [2.75, 3.05) is 55.2 Å². The molecule has 0 saturated carbocycles. The zero-order valence-corrected chi connectivity index (χ0v) is 35.4. The van der Waals surface area contributed by atoms with Gasteiger partial charge in [-0.15, -0.1) is 11.8 Å². The highest BCUT2D eigenvalue weighted by molar-refractivity contribution is 7.99. The van der Waals surface area contributed by atoms with Crippen molar-refractivity contribution >= 4 is 50.7 Å². The number of rotatable bonds is 17. The quantitative estimate of drug-likeness (QED) is 0.0629. The maximum atomic E-state index is 14.5. The van der Waals surface area contributed by atoms with Gasteiger partial charge < -0.3 is 15.5 Å². The summed E-state index contributed by atoms with van der Waals surface area (Å²) in [5.74, 6) is -0.0411. The first-order valence-electron chi connectivity index (χ1n) is 19.6. The van der Waals surface area contributed by atoms with Crippen LogP contribution >= 0.6 is 23.4 Å². The number of carbonyl (C=O) groups excluding carboxylic acids is 1. The summed E-state index contributed by atoms with van der Waals surface area (Å²) in [6, 6.07) is 34.7. The van der Waals surface area contributed by atoms with E-state index >= 15 is 0 Å². The van der Waals surface area contributed by atoms with Crippen LogP contribution in [-0.2, 0) is 22.7 Å². The summed E-state index contributed by atoms with van der Waals surface area (Å²) >= 11 is 7.63. The van der Waals surface area contributed by atoms with Crippen LogP contribution in [0.2, 0.25) is 5.02 Å². The molecule has 14 heteroatoms. The highest BCUT2D eigenvalue weighted by Gasteiger charge is 2.36.